The molecule has 2 rings (SSSR count). The number of primary amides is 1. The Balaban J connectivity index is 2.34. The van der Waals surface area contributed by atoms with Gasteiger partial charge >= 0.3 is 0 Å². The van der Waals surface area contributed by atoms with E-state index in [9.17, 15) is 13.2 Å². The van der Waals surface area contributed by atoms with E-state index in [0.29, 0.717) is 19.4 Å². The van der Waals surface area contributed by atoms with Gasteiger partial charge in [-0.05, 0) is 24.3 Å². The Morgan fingerprint density at radius 2 is 2.31 bits per heavy atom. The largest absolute Gasteiger partial charge is 0.368 e. The average Bonchev–Trinajstić information content (AvgIpc) is 2.89. The van der Waals surface area contributed by atoms with Crippen LogP contribution in [0.1, 0.15) is 12.8 Å². The molecule has 0 aliphatic carbocycles. The summed E-state index contributed by atoms with van der Waals surface area (Å²) in [6, 6.07) is 2.52. The number of nitrogens with zero attached hydrogens (tertiary/aromatic N) is 1. The van der Waals surface area contributed by atoms with E-state index < -0.39 is 22.0 Å². The predicted molar refractivity (Wildman–Crippen MR) is 60.4 cm³/mol. The van der Waals surface area contributed by atoms with Crippen molar-refractivity contribution in [3.05, 3.63) is 17.5 Å². The van der Waals surface area contributed by atoms with Gasteiger partial charge in [0.25, 0.3) is 10.0 Å². The number of amides is 1. The molecule has 0 radical (unpaired) electrons. The van der Waals surface area contributed by atoms with Crippen LogP contribution < -0.4 is 5.73 Å². The molecule has 0 spiro atoms. The molecule has 2 heterocycles. The van der Waals surface area contributed by atoms with Gasteiger partial charge in [0.1, 0.15) is 10.3 Å². The topological polar surface area (TPSA) is 80.5 Å². The van der Waals surface area contributed by atoms with Gasteiger partial charge in [0.2, 0.25) is 5.91 Å². The minimum Gasteiger partial charge on any atom is -0.368 e. The van der Waals surface area contributed by atoms with Crippen molar-refractivity contribution in [2.75, 3.05) is 6.54 Å². The first-order chi connectivity index (χ1) is 7.53. The number of nitrogens with two attached hydrogens (primary N) is 1. The first-order valence-corrected chi connectivity index (χ1v) is 7.20. The monoisotopic (exact) mass is 260 g/mol. The van der Waals surface area contributed by atoms with Crippen molar-refractivity contribution in [3.8, 4) is 0 Å². The number of rotatable bonds is 3. The molecule has 7 heteroatoms. The van der Waals surface area contributed by atoms with Crippen LogP contribution in [0.15, 0.2) is 21.7 Å². The summed E-state index contributed by atoms with van der Waals surface area (Å²) in [6.07, 6.45) is 1.19. The second-order valence-corrected chi connectivity index (χ2v) is 6.67. The molecule has 1 aliphatic rings. The zero-order valence-electron chi connectivity index (χ0n) is 8.50. The van der Waals surface area contributed by atoms with Crippen LogP contribution in [0, 0.1) is 0 Å². The summed E-state index contributed by atoms with van der Waals surface area (Å²) in [5.41, 5.74) is 5.20. The van der Waals surface area contributed by atoms with Crippen LogP contribution >= 0.6 is 11.3 Å². The van der Waals surface area contributed by atoms with Crippen LogP contribution in [0.5, 0.6) is 0 Å². The van der Waals surface area contributed by atoms with Gasteiger partial charge in [-0.15, -0.1) is 11.3 Å². The predicted octanol–water partition coefficient (Wildman–Crippen LogP) is 0.387. The average molecular weight is 260 g/mol. The highest BCUT2D eigenvalue weighted by Crippen LogP contribution is 2.28. The molecule has 1 amide bonds. The number of hydrogen-bond acceptors (Lipinski definition) is 4. The highest BCUT2D eigenvalue weighted by Gasteiger charge is 2.38. The Labute approximate surface area is 97.9 Å². The van der Waals surface area contributed by atoms with Crippen molar-refractivity contribution >= 4 is 27.3 Å². The number of sulfonamides is 1. The molecule has 1 fully saturated rings. The van der Waals surface area contributed by atoms with Crippen molar-refractivity contribution in [2.45, 2.75) is 23.1 Å². The summed E-state index contributed by atoms with van der Waals surface area (Å²) < 4.78 is 25.8. The molecule has 16 heavy (non-hydrogen) atoms. The molecule has 1 atom stereocenters. The van der Waals surface area contributed by atoms with Crippen molar-refractivity contribution in [1.29, 1.82) is 0 Å². The van der Waals surface area contributed by atoms with Crippen LogP contribution in [-0.4, -0.2) is 31.2 Å². The quantitative estimate of drug-likeness (QED) is 0.853. The number of carbonyl (C=O) groups excluding carboxylic acids is 1. The smallest absolute Gasteiger partial charge is 0.253 e. The molecule has 1 aliphatic heterocycles. The van der Waals surface area contributed by atoms with Gasteiger partial charge in [0.15, 0.2) is 0 Å². The molecule has 1 aromatic rings. The fraction of sp³-hybridized carbons (Fsp3) is 0.444. The van der Waals surface area contributed by atoms with Gasteiger partial charge < -0.3 is 5.73 Å². The van der Waals surface area contributed by atoms with E-state index in [1.54, 1.807) is 11.4 Å². The lowest BCUT2D eigenvalue weighted by molar-refractivity contribution is -0.121. The third kappa shape index (κ3) is 1.85. The van der Waals surface area contributed by atoms with E-state index in [-0.39, 0.29) is 4.21 Å². The van der Waals surface area contributed by atoms with E-state index in [1.165, 1.54) is 10.4 Å². The number of carbonyl (C=O) groups is 1. The van der Waals surface area contributed by atoms with E-state index >= 15 is 0 Å². The lowest BCUT2D eigenvalue weighted by atomic mass is 10.2. The Kier molecular flexibility index (Phi) is 3.00. The van der Waals surface area contributed by atoms with E-state index in [4.69, 9.17) is 5.73 Å². The summed E-state index contributed by atoms with van der Waals surface area (Å²) >= 11 is 1.15. The molecule has 88 valence electrons. The van der Waals surface area contributed by atoms with Crippen LogP contribution in [0.4, 0.5) is 0 Å². The maximum atomic E-state index is 12.1. The maximum absolute atomic E-state index is 12.1. The zero-order chi connectivity index (χ0) is 11.8. The summed E-state index contributed by atoms with van der Waals surface area (Å²) in [6.45, 7) is 0.369. The summed E-state index contributed by atoms with van der Waals surface area (Å²) in [4.78, 5) is 11.1. The normalized spacial score (nSPS) is 22.4. The van der Waals surface area contributed by atoms with Crippen LogP contribution in [0.25, 0.3) is 0 Å². The SMILES string of the molecule is NC(=O)C1CCCN1S(=O)(=O)c1cccs1. The van der Waals surface area contributed by atoms with Gasteiger partial charge in [-0.3, -0.25) is 4.79 Å². The van der Waals surface area contributed by atoms with Crippen molar-refractivity contribution < 1.29 is 13.2 Å². The maximum Gasteiger partial charge on any atom is 0.253 e. The van der Waals surface area contributed by atoms with Crippen LogP contribution in [0.2, 0.25) is 0 Å². The minimum atomic E-state index is -3.54. The molecule has 1 saturated heterocycles. The van der Waals surface area contributed by atoms with E-state index in [2.05, 4.69) is 0 Å². The van der Waals surface area contributed by atoms with E-state index in [1.807, 2.05) is 0 Å². The van der Waals surface area contributed by atoms with Gasteiger partial charge in [-0.25, -0.2) is 8.42 Å². The minimum absolute atomic E-state index is 0.264. The molecule has 1 aromatic heterocycles. The van der Waals surface area contributed by atoms with Crippen LogP contribution in [0.3, 0.4) is 0 Å². The Morgan fingerprint density at radius 1 is 1.56 bits per heavy atom. The van der Waals surface area contributed by atoms with Gasteiger partial charge in [-0.2, -0.15) is 4.31 Å². The van der Waals surface area contributed by atoms with Crippen molar-refractivity contribution in [2.24, 2.45) is 5.73 Å². The van der Waals surface area contributed by atoms with E-state index in [0.717, 1.165) is 11.3 Å². The van der Waals surface area contributed by atoms with Crippen LogP contribution in [-0.2, 0) is 14.8 Å². The third-order valence-corrected chi connectivity index (χ3v) is 5.87. The second kappa shape index (κ2) is 4.15. The molecule has 0 aromatic carbocycles. The molecule has 1 unspecified atom stereocenters. The van der Waals surface area contributed by atoms with Crippen molar-refractivity contribution in [1.82, 2.24) is 4.31 Å². The first-order valence-electron chi connectivity index (χ1n) is 4.88. The second-order valence-electron chi connectivity index (χ2n) is 3.61. The Bertz CT molecular complexity index is 481. The standard InChI is InChI=1S/C9H12N2O3S2/c10-9(12)7-3-1-5-11(7)16(13,14)8-4-2-6-15-8/h2,4,6-7H,1,3,5H2,(H2,10,12). The highest BCUT2D eigenvalue weighted by molar-refractivity contribution is 7.91. The van der Waals surface area contributed by atoms with Gasteiger partial charge in [0.05, 0.1) is 0 Å². The first kappa shape index (κ1) is 11.6. The molecule has 2 N–H and O–H groups in total. The summed E-state index contributed by atoms with van der Waals surface area (Å²) in [5.74, 6) is -0.572. The molecule has 0 bridgehead atoms. The lowest BCUT2D eigenvalue weighted by Gasteiger charge is -2.20. The number of hydrogen-bond donors (Lipinski definition) is 1. The summed E-state index contributed by atoms with van der Waals surface area (Å²) in [7, 11) is -3.54. The molecule has 0 saturated carbocycles. The Morgan fingerprint density at radius 3 is 2.88 bits per heavy atom. The number of thiophene rings is 1. The highest BCUT2D eigenvalue weighted by atomic mass is 32.2. The summed E-state index contributed by atoms with van der Waals surface area (Å²) in [5, 5.41) is 1.70. The van der Waals surface area contributed by atoms with Gasteiger partial charge in [0, 0.05) is 6.54 Å². The fourth-order valence-electron chi connectivity index (χ4n) is 1.84. The lowest BCUT2D eigenvalue weighted by Crippen LogP contribution is -2.43. The molecule has 5 nitrogen and oxygen atoms in total. The zero-order valence-corrected chi connectivity index (χ0v) is 10.1. The van der Waals surface area contributed by atoms with Crippen molar-refractivity contribution in [3.63, 3.8) is 0 Å². The molecular formula is C9H12N2O3S2. The molecular weight excluding hydrogens is 248 g/mol. The van der Waals surface area contributed by atoms with Gasteiger partial charge in [-0.1, -0.05) is 6.07 Å². The third-order valence-electron chi connectivity index (χ3n) is 2.59. The Hall–Kier alpha value is -0.920. The fourth-order valence-corrected chi connectivity index (χ4v) is 4.62.